The molecular weight excluding hydrogens is 399 g/mol. The van der Waals surface area contributed by atoms with Gasteiger partial charge >= 0.3 is 18.1 Å². The van der Waals surface area contributed by atoms with Crippen LogP contribution < -0.4 is 5.32 Å². The summed E-state index contributed by atoms with van der Waals surface area (Å²) < 4.78 is 50.6. The molecule has 0 radical (unpaired) electrons. The molecular formula is C22H26F3NO4. The van der Waals surface area contributed by atoms with Crippen molar-refractivity contribution in [3.05, 3.63) is 57.9 Å². The van der Waals surface area contributed by atoms with Gasteiger partial charge in [-0.2, -0.15) is 13.2 Å². The molecule has 30 heavy (non-hydrogen) atoms. The molecule has 0 fully saturated rings. The summed E-state index contributed by atoms with van der Waals surface area (Å²) in [6.45, 7) is 9.89. The Balaban J connectivity index is 2.70. The van der Waals surface area contributed by atoms with Crippen LogP contribution in [0.4, 0.5) is 13.2 Å². The van der Waals surface area contributed by atoms with Gasteiger partial charge in [0.25, 0.3) is 0 Å². The molecule has 8 heteroatoms. The minimum Gasteiger partial charge on any atom is -0.460 e. The van der Waals surface area contributed by atoms with Gasteiger partial charge in [-0.3, -0.25) is 0 Å². The van der Waals surface area contributed by atoms with Crippen molar-refractivity contribution >= 4 is 11.9 Å². The first kappa shape index (κ1) is 23.5. The van der Waals surface area contributed by atoms with E-state index in [1.54, 1.807) is 41.5 Å². The average molecular weight is 425 g/mol. The zero-order valence-corrected chi connectivity index (χ0v) is 17.8. The summed E-state index contributed by atoms with van der Waals surface area (Å²) in [5.41, 5.74) is 0.232. The molecule has 1 aliphatic heterocycles. The number of carbonyl (C=O) groups is 2. The second-order valence-electron chi connectivity index (χ2n) is 7.67. The number of hydrogen-bond acceptors (Lipinski definition) is 5. The number of esters is 2. The van der Waals surface area contributed by atoms with E-state index in [1.807, 2.05) is 0 Å². The highest BCUT2D eigenvalue weighted by atomic mass is 19.4. The minimum absolute atomic E-state index is 0.0735. The van der Waals surface area contributed by atoms with E-state index in [0.717, 1.165) is 12.1 Å². The monoisotopic (exact) mass is 425 g/mol. The average Bonchev–Trinajstić information content (AvgIpc) is 2.58. The van der Waals surface area contributed by atoms with E-state index >= 15 is 0 Å². The van der Waals surface area contributed by atoms with Crippen molar-refractivity contribution < 1.29 is 32.2 Å². The fourth-order valence-electron chi connectivity index (χ4n) is 3.32. The lowest BCUT2D eigenvalue weighted by atomic mass is 9.80. The van der Waals surface area contributed by atoms with Gasteiger partial charge in [0.15, 0.2) is 0 Å². The van der Waals surface area contributed by atoms with Crippen LogP contribution in [0, 0.1) is 0 Å². The quantitative estimate of drug-likeness (QED) is 0.684. The van der Waals surface area contributed by atoms with E-state index in [4.69, 9.17) is 9.47 Å². The number of benzene rings is 1. The first-order valence-electron chi connectivity index (χ1n) is 9.60. The highest BCUT2D eigenvalue weighted by Crippen LogP contribution is 2.41. The number of dihydropyridines is 1. The first-order valence-corrected chi connectivity index (χ1v) is 9.60. The van der Waals surface area contributed by atoms with Gasteiger partial charge in [-0.05, 0) is 53.2 Å². The molecule has 0 aromatic heterocycles. The second kappa shape index (κ2) is 8.93. The minimum atomic E-state index is -4.57. The van der Waals surface area contributed by atoms with E-state index in [-0.39, 0.29) is 16.7 Å². The van der Waals surface area contributed by atoms with Crippen molar-refractivity contribution in [1.29, 1.82) is 0 Å². The maximum absolute atomic E-state index is 13.3. The van der Waals surface area contributed by atoms with E-state index in [9.17, 15) is 22.8 Å². The first-order chi connectivity index (χ1) is 13.8. The van der Waals surface area contributed by atoms with Gasteiger partial charge in [0.2, 0.25) is 0 Å². The number of carbonyl (C=O) groups excluding carboxylic acids is 2. The lowest BCUT2D eigenvalue weighted by Gasteiger charge is -2.31. The molecule has 1 heterocycles. The van der Waals surface area contributed by atoms with Crippen LogP contribution in [0.2, 0.25) is 0 Å². The molecule has 2 rings (SSSR count). The third-order valence-corrected chi connectivity index (χ3v) is 4.43. The van der Waals surface area contributed by atoms with Crippen LogP contribution in [0.15, 0.2) is 46.8 Å². The fourth-order valence-corrected chi connectivity index (χ4v) is 3.32. The van der Waals surface area contributed by atoms with Gasteiger partial charge in [-0.1, -0.05) is 18.2 Å². The Labute approximate surface area is 173 Å². The predicted octanol–water partition coefficient (Wildman–Crippen LogP) is 4.84. The number of ether oxygens (including phenoxy) is 2. The van der Waals surface area contributed by atoms with E-state index in [0.29, 0.717) is 11.4 Å². The van der Waals surface area contributed by atoms with Crippen LogP contribution in [0.25, 0.3) is 0 Å². The van der Waals surface area contributed by atoms with E-state index in [1.165, 1.54) is 12.1 Å². The molecule has 0 amide bonds. The molecule has 0 spiro atoms. The Bertz CT molecular complexity index is 854. The fraction of sp³-hybridized carbons (Fsp3) is 0.455. The molecule has 0 atom stereocenters. The Morgan fingerprint density at radius 2 is 1.40 bits per heavy atom. The van der Waals surface area contributed by atoms with Gasteiger partial charge in [0, 0.05) is 11.4 Å². The zero-order valence-electron chi connectivity index (χ0n) is 17.8. The van der Waals surface area contributed by atoms with Crippen LogP contribution >= 0.6 is 0 Å². The maximum atomic E-state index is 13.3. The van der Waals surface area contributed by atoms with Crippen LogP contribution in [0.1, 0.15) is 58.6 Å². The summed E-state index contributed by atoms with van der Waals surface area (Å²) in [5, 5.41) is 2.97. The van der Waals surface area contributed by atoms with Gasteiger partial charge in [0.05, 0.1) is 34.8 Å². The van der Waals surface area contributed by atoms with E-state index in [2.05, 4.69) is 5.32 Å². The molecule has 1 aromatic carbocycles. The summed E-state index contributed by atoms with van der Waals surface area (Å²) in [5.74, 6) is -2.48. The van der Waals surface area contributed by atoms with Gasteiger partial charge in [0.1, 0.15) is 0 Å². The van der Waals surface area contributed by atoms with Crippen molar-refractivity contribution in [3.63, 3.8) is 0 Å². The molecule has 1 aromatic rings. The second-order valence-corrected chi connectivity index (χ2v) is 7.67. The summed E-state index contributed by atoms with van der Waals surface area (Å²) in [6.07, 6.45) is -5.46. The summed E-state index contributed by atoms with van der Waals surface area (Å²) in [6, 6.07) is 4.59. The third-order valence-electron chi connectivity index (χ3n) is 4.43. The largest absolute Gasteiger partial charge is 0.460 e. The molecule has 5 nitrogen and oxygen atoms in total. The summed E-state index contributed by atoms with van der Waals surface area (Å²) in [4.78, 5) is 25.7. The maximum Gasteiger partial charge on any atom is 0.416 e. The molecule has 164 valence electrons. The Morgan fingerprint density at radius 3 is 1.80 bits per heavy atom. The van der Waals surface area contributed by atoms with Crippen LogP contribution in [-0.4, -0.2) is 24.1 Å². The number of hydrogen-bond donors (Lipinski definition) is 1. The molecule has 0 unspecified atom stereocenters. The smallest absolute Gasteiger partial charge is 0.416 e. The molecule has 0 bridgehead atoms. The lowest BCUT2D eigenvalue weighted by Crippen LogP contribution is -2.33. The zero-order chi connectivity index (χ0) is 22.8. The van der Waals surface area contributed by atoms with E-state index < -0.39 is 41.8 Å². The summed E-state index contributed by atoms with van der Waals surface area (Å²) >= 11 is 0. The van der Waals surface area contributed by atoms with Crippen molar-refractivity contribution in [2.75, 3.05) is 0 Å². The number of nitrogens with one attached hydrogen (secondary N) is 1. The number of allylic oxidation sites excluding steroid dienone is 2. The predicted molar refractivity (Wildman–Crippen MR) is 105 cm³/mol. The molecule has 1 N–H and O–H groups in total. The molecule has 0 saturated carbocycles. The topological polar surface area (TPSA) is 64.6 Å². The van der Waals surface area contributed by atoms with Crippen molar-refractivity contribution in [3.8, 4) is 0 Å². The van der Waals surface area contributed by atoms with Gasteiger partial charge < -0.3 is 14.8 Å². The van der Waals surface area contributed by atoms with Crippen LogP contribution in [-0.2, 0) is 25.2 Å². The summed E-state index contributed by atoms with van der Waals surface area (Å²) in [7, 11) is 0. The molecule has 0 aliphatic carbocycles. The third kappa shape index (κ3) is 5.23. The number of halogens is 3. The SMILES string of the molecule is CC1=C(C(=O)OC(C)C)C(c2cccc(C(F)(F)F)c2)C(C(=O)OC(C)C)=C(C)N1. The lowest BCUT2D eigenvalue weighted by molar-refractivity contribution is -0.143. The Morgan fingerprint density at radius 1 is 0.933 bits per heavy atom. The Kier molecular flexibility index (Phi) is 7.00. The number of alkyl halides is 3. The Hall–Kier alpha value is -2.77. The van der Waals surface area contributed by atoms with Crippen molar-refractivity contribution in [2.24, 2.45) is 0 Å². The van der Waals surface area contributed by atoms with Crippen molar-refractivity contribution in [1.82, 2.24) is 5.32 Å². The van der Waals surface area contributed by atoms with Crippen LogP contribution in [0.5, 0.6) is 0 Å². The van der Waals surface area contributed by atoms with Gasteiger partial charge in [-0.15, -0.1) is 0 Å². The highest BCUT2D eigenvalue weighted by Gasteiger charge is 2.39. The standard InChI is InChI=1S/C22H26F3NO4/c1-11(2)29-20(27)17-13(5)26-14(6)18(21(28)30-12(3)4)19(17)15-8-7-9-16(10-15)22(23,24)25/h7-12,19,26H,1-6H3. The number of rotatable bonds is 5. The normalized spacial score (nSPS) is 15.6. The molecule has 1 aliphatic rings. The van der Waals surface area contributed by atoms with Crippen LogP contribution in [0.3, 0.4) is 0 Å². The van der Waals surface area contributed by atoms with Gasteiger partial charge in [-0.25, -0.2) is 9.59 Å². The highest BCUT2D eigenvalue weighted by molar-refractivity contribution is 6.00. The van der Waals surface area contributed by atoms with Crippen molar-refractivity contribution in [2.45, 2.75) is 65.8 Å². The molecule has 0 saturated heterocycles.